The van der Waals surface area contributed by atoms with Crippen molar-refractivity contribution in [2.24, 2.45) is 0 Å². The van der Waals surface area contributed by atoms with Gasteiger partial charge in [-0.1, -0.05) is 25.1 Å². The van der Waals surface area contributed by atoms with E-state index < -0.39 is 5.60 Å². The van der Waals surface area contributed by atoms with Crippen molar-refractivity contribution < 1.29 is 14.3 Å². The van der Waals surface area contributed by atoms with E-state index in [0.717, 1.165) is 17.7 Å². The zero-order valence-electron chi connectivity index (χ0n) is 11.0. The summed E-state index contributed by atoms with van der Waals surface area (Å²) in [4.78, 5) is 12.0. The van der Waals surface area contributed by atoms with Gasteiger partial charge in [-0.3, -0.25) is 0 Å². The Morgan fingerprint density at radius 2 is 2.11 bits per heavy atom. The summed E-state index contributed by atoms with van der Waals surface area (Å²) in [6.45, 7) is 6.08. The molecule has 0 unspecified atom stereocenters. The summed E-state index contributed by atoms with van der Waals surface area (Å²) in [5.41, 5.74) is 1.05. The highest BCUT2D eigenvalue weighted by molar-refractivity contribution is 5.95. The van der Waals surface area contributed by atoms with Gasteiger partial charge in [0, 0.05) is 5.56 Å². The predicted molar refractivity (Wildman–Crippen MR) is 70.4 cm³/mol. The molecule has 1 aromatic carbocycles. The van der Waals surface area contributed by atoms with Crippen LogP contribution in [-0.2, 0) is 9.53 Å². The number of carbonyl (C=O) groups excluding carboxylic acids is 1. The SMILES string of the molecule is CCC(C)(C)OC(=O)C1=Cc2ccccc2OC1. The van der Waals surface area contributed by atoms with Crippen molar-refractivity contribution in [1.29, 1.82) is 0 Å². The Labute approximate surface area is 107 Å². The highest BCUT2D eigenvalue weighted by atomic mass is 16.6. The largest absolute Gasteiger partial charge is 0.488 e. The Balaban J connectivity index is 2.17. The summed E-state index contributed by atoms with van der Waals surface area (Å²) in [6, 6.07) is 7.65. The van der Waals surface area contributed by atoms with Crippen LogP contribution in [0.4, 0.5) is 0 Å². The molecule has 0 atom stereocenters. The van der Waals surface area contributed by atoms with E-state index >= 15 is 0 Å². The van der Waals surface area contributed by atoms with Crippen LogP contribution in [0.5, 0.6) is 5.75 Å². The van der Waals surface area contributed by atoms with Crippen molar-refractivity contribution in [2.45, 2.75) is 32.8 Å². The van der Waals surface area contributed by atoms with Crippen molar-refractivity contribution in [1.82, 2.24) is 0 Å². The number of esters is 1. The molecule has 0 N–H and O–H groups in total. The Morgan fingerprint density at radius 1 is 1.39 bits per heavy atom. The maximum Gasteiger partial charge on any atom is 0.338 e. The number of hydrogen-bond acceptors (Lipinski definition) is 3. The molecule has 3 heteroatoms. The second kappa shape index (κ2) is 4.84. The first-order valence-electron chi connectivity index (χ1n) is 6.17. The fourth-order valence-corrected chi connectivity index (χ4v) is 1.62. The zero-order chi connectivity index (χ0) is 13.2. The van der Waals surface area contributed by atoms with Gasteiger partial charge >= 0.3 is 5.97 Å². The van der Waals surface area contributed by atoms with E-state index in [9.17, 15) is 4.79 Å². The van der Waals surface area contributed by atoms with E-state index in [1.54, 1.807) is 0 Å². The van der Waals surface area contributed by atoms with Crippen molar-refractivity contribution in [3.63, 3.8) is 0 Å². The first-order valence-corrected chi connectivity index (χ1v) is 6.17. The van der Waals surface area contributed by atoms with E-state index in [4.69, 9.17) is 9.47 Å². The molecule has 2 rings (SSSR count). The second-order valence-electron chi connectivity index (χ2n) is 5.00. The van der Waals surface area contributed by atoms with Crippen LogP contribution >= 0.6 is 0 Å². The summed E-state index contributed by atoms with van der Waals surface area (Å²) >= 11 is 0. The molecule has 0 amide bonds. The Kier molecular flexibility index (Phi) is 3.41. The summed E-state index contributed by atoms with van der Waals surface area (Å²) < 4.78 is 11.0. The van der Waals surface area contributed by atoms with Crippen molar-refractivity contribution in [3.05, 3.63) is 35.4 Å². The van der Waals surface area contributed by atoms with Gasteiger partial charge in [-0.2, -0.15) is 0 Å². The third-order valence-electron chi connectivity index (χ3n) is 3.11. The lowest BCUT2D eigenvalue weighted by molar-refractivity contribution is -0.152. The van der Waals surface area contributed by atoms with Gasteiger partial charge in [0.1, 0.15) is 18.0 Å². The van der Waals surface area contributed by atoms with Gasteiger partial charge in [0.25, 0.3) is 0 Å². The minimum Gasteiger partial charge on any atom is -0.488 e. The molecule has 0 saturated heterocycles. The number of fused-ring (bicyclic) bond motifs is 1. The normalized spacial score (nSPS) is 14.3. The number of hydrogen-bond donors (Lipinski definition) is 0. The third-order valence-corrected chi connectivity index (χ3v) is 3.11. The zero-order valence-corrected chi connectivity index (χ0v) is 11.0. The van der Waals surface area contributed by atoms with Crippen molar-refractivity contribution >= 4 is 12.0 Å². The van der Waals surface area contributed by atoms with Crippen LogP contribution in [-0.4, -0.2) is 18.2 Å². The van der Waals surface area contributed by atoms with Crippen LogP contribution in [0.3, 0.4) is 0 Å². The fourth-order valence-electron chi connectivity index (χ4n) is 1.62. The van der Waals surface area contributed by atoms with Crippen LogP contribution < -0.4 is 4.74 Å². The minimum absolute atomic E-state index is 0.273. The van der Waals surface area contributed by atoms with Gasteiger partial charge in [0.2, 0.25) is 0 Å². The molecule has 0 bridgehead atoms. The maximum atomic E-state index is 12.0. The lowest BCUT2D eigenvalue weighted by Crippen LogP contribution is -2.29. The molecular formula is C15H18O3. The quantitative estimate of drug-likeness (QED) is 0.768. The van der Waals surface area contributed by atoms with E-state index in [-0.39, 0.29) is 12.6 Å². The number of benzene rings is 1. The van der Waals surface area contributed by atoms with Gasteiger partial charge in [-0.05, 0) is 32.4 Å². The molecule has 18 heavy (non-hydrogen) atoms. The van der Waals surface area contributed by atoms with Gasteiger partial charge < -0.3 is 9.47 Å². The van der Waals surface area contributed by atoms with Crippen LogP contribution in [0.1, 0.15) is 32.8 Å². The maximum absolute atomic E-state index is 12.0. The Hall–Kier alpha value is -1.77. The second-order valence-corrected chi connectivity index (χ2v) is 5.00. The first kappa shape index (κ1) is 12.7. The number of ether oxygens (including phenoxy) is 2. The smallest absolute Gasteiger partial charge is 0.338 e. The van der Waals surface area contributed by atoms with Crippen LogP contribution in [0.15, 0.2) is 29.8 Å². The topological polar surface area (TPSA) is 35.5 Å². The van der Waals surface area contributed by atoms with Gasteiger partial charge in [-0.15, -0.1) is 0 Å². The van der Waals surface area contributed by atoms with Gasteiger partial charge in [-0.25, -0.2) is 4.79 Å². The molecule has 0 aliphatic carbocycles. The monoisotopic (exact) mass is 246 g/mol. The van der Waals surface area contributed by atoms with Crippen LogP contribution in [0.25, 0.3) is 6.08 Å². The van der Waals surface area contributed by atoms with E-state index in [0.29, 0.717) is 5.57 Å². The molecule has 1 aromatic rings. The summed E-state index contributed by atoms with van der Waals surface area (Å²) in [7, 11) is 0. The lowest BCUT2D eigenvalue weighted by atomic mass is 10.1. The summed E-state index contributed by atoms with van der Waals surface area (Å²) in [5.74, 6) is 0.514. The van der Waals surface area contributed by atoms with E-state index in [1.165, 1.54) is 0 Å². The number of rotatable bonds is 3. The molecule has 0 radical (unpaired) electrons. The molecule has 0 fully saturated rings. The predicted octanol–water partition coefficient (Wildman–Crippen LogP) is 3.19. The van der Waals surface area contributed by atoms with Gasteiger partial charge in [0.15, 0.2) is 0 Å². The molecule has 3 nitrogen and oxygen atoms in total. The first-order chi connectivity index (χ1) is 8.52. The molecular weight excluding hydrogens is 228 g/mol. The lowest BCUT2D eigenvalue weighted by Gasteiger charge is -2.25. The van der Waals surface area contributed by atoms with E-state index in [1.807, 2.05) is 51.1 Å². The third kappa shape index (κ3) is 2.73. The van der Waals surface area contributed by atoms with Gasteiger partial charge in [0.05, 0.1) is 5.57 Å². The molecule has 96 valence electrons. The Morgan fingerprint density at radius 3 is 2.83 bits per heavy atom. The number of para-hydroxylation sites is 1. The fraction of sp³-hybridized carbons (Fsp3) is 0.400. The summed E-state index contributed by atoms with van der Waals surface area (Å²) in [5, 5.41) is 0. The summed E-state index contributed by atoms with van der Waals surface area (Å²) in [6.07, 6.45) is 2.62. The molecule has 0 saturated carbocycles. The highest BCUT2D eigenvalue weighted by Gasteiger charge is 2.25. The van der Waals surface area contributed by atoms with Crippen LogP contribution in [0, 0.1) is 0 Å². The Bertz CT molecular complexity index is 486. The van der Waals surface area contributed by atoms with E-state index in [2.05, 4.69) is 0 Å². The molecule has 0 aromatic heterocycles. The van der Waals surface area contributed by atoms with Crippen molar-refractivity contribution in [3.8, 4) is 5.75 Å². The highest BCUT2D eigenvalue weighted by Crippen LogP contribution is 2.27. The molecule has 1 heterocycles. The molecule has 1 aliphatic heterocycles. The van der Waals surface area contributed by atoms with Crippen LogP contribution in [0.2, 0.25) is 0 Å². The molecule has 1 aliphatic rings. The average Bonchev–Trinajstić information content (AvgIpc) is 2.37. The minimum atomic E-state index is -0.436. The number of carbonyl (C=O) groups is 1. The van der Waals surface area contributed by atoms with Crippen molar-refractivity contribution in [2.75, 3.05) is 6.61 Å². The average molecular weight is 246 g/mol. The standard InChI is InChI=1S/C15H18O3/c1-4-15(2,3)18-14(16)12-9-11-7-5-6-8-13(11)17-10-12/h5-9H,4,10H2,1-3H3. The molecule has 0 spiro atoms.